The van der Waals surface area contributed by atoms with Gasteiger partial charge in [-0.2, -0.15) is 0 Å². The Kier molecular flexibility index (Phi) is 6.22. The van der Waals surface area contributed by atoms with Crippen LogP contribution in [0.15, 0.2) is 60.2 Å². The first-order chi connectivity index (χ1) is 14.5. The molecule has 30 heavy (non-hydrogen) atoms. The fourth-order valence-corrected chi connectivity index (χ4v) is 4.75. The molecule has 3 aromatic rings. The Labute approximate surface area is 180 Å². The lowest BCUT2D eigenvalue weighted by Crippen LogP contribution is -2.45. The number of amides is 1. The summed E-state index contributed by atoms with van der Waals surface area (Å²) in [6.07, 6.45) is 4.65. The molecule has 6 nitrogen and oxygen atoms in total. The Morgan fingerprint density at radius 1 is 1.17 bits per heavy atom. The third kappa shape index (κ3) is 4.75. The van der Waals surface area contributed by atoms with Crippen LogP contribution in [0.25, 0.3) is 0 Å². The number of aliphatic hydroxyl groups is 1. The molecule has 0 spiro atoms. The minimum Gasteiger partial charge on any atom is -0.383 e. The van der Waals surface area contributed by atoms with Crippen LogP contribution in [0.4, 0.5) is 0 Å². The number of pyridine rings is 1. The maximum atomic E-state index is 12.6. The number of aromatic nitrogens is 2. The average molecular weight is 423 g/mol. The number of thiazole rings is 1. The van der Waals surface area contributed by atoms with Crippen LogP contribution in [-0.4, -0.2) is 50.9 Å². The fourth-order valence-electron chi connectivity index (χ4n) is 3.79. The Bertz CT molecular complexity index is 969. The van der Waals surface area contributed by atoms with E-state index in [1.807, 2.05) is 52.9 Å². The second-order valence-corrected chi connectivity index (χ2v) is 8.79. The number of rotatable bonds is 6. The van der Waals surface area contributed by atoms with Crippen LogP contribution in [-0.2, 0) is 18.7 Å². The lowest BCUT2D eigenvalue weighted by molar-refractivity contribution is -0.0241. The van der Waals surface area contributed by atoms with Crippen LogP contribution < -0.4 is 0 Å². The van der Waals surface area contributed by atoms with Crippen LogP contribution in [0.5, 0.6) is 0 Å². The molecule has 0 saturated carbocycles. The summed E-state index contributed by atoms with van der Waals surface area (Å²) in [4.78, 5) is 25.5. The molecule has 1 aromatic carbocycles. The molecule has 0 unspecified atom stereocenters. The zero-order valence-electron chi connectivity index (χ0n) is 17.1. The van der Waals surface area contributed by atoms with Crippen LogP contribution in [0, 0.1) is 0 Å². The Morgan fingerprint density at radius 3 is 2.63 bits per heavy atom. The summed E-state index contributed by atoms with van der Waals surface area (Å²) in [5, 5.41) is 14.1. The molecule has 4 rings (SSSR count). The van der Waals surface area contributed by atoms with Crippen molar-refractivity contribution in [2.75, 3.05) is 20.1 Å². The molecule has 0 bridgehead atoms. The highest BCUT2D eigenvalue weighted by atomic mass is 32.1. The zero-order chi connectivity index (χ0) is 21.0. The van der Waals surface area contributed by atoms with Gasteiger partial charge in [0.25, 0.3) is 5.91 Å². The average Bonchev–Trinajstić information content (AvgIpc) is 3.24. The van der Waals surface area contributed by atoms with Crippen LogP contribution in [0.2, 0.25) is 0 Å². The van der Waals surface area contributed by atoms with E-state index in [0.717, 1.165) is 22.8 Å². The Morgan fingerprint density at radius 2 is 1.93 bits per heavy atom. The van der Waals surface area contributed by atoms with Gasteiger partial charge in [0.1, 0.15) is 10.6 Å². The summed E-state index contributed by atoms with van der Waals surface area (Å²) in [7, 11) is 2.05. The molecule has 1 N–H and O–H groups in total. The van der Waals surface area contributed by atoms with E-state index in [9.17, 15) is 9.90 Å². The Balaban J connectivity index is 1.35. The second kappa shape index (κ2) is 9.04. The number of nitrogens with zero attached hydrogens (tertiary/aromatic N) is 4. The van der Waals surface area contributed by atoms with Gasteiger partial charge in [-0.25, -0.2) is 4.98 Å². The van der Waals surface area contributed by atoms with Crippen molar-refractivity contribution in [2.45, 2.75) is 31.5 Å². The maximum Gasteiger partial charge on any atom is 0.253 e. The molecule has 1 aliphatic rings. The van der Waals surface area contributed by atoms with E-state index in [4.69, 9.17) is 4.98 Å². The highest BCUT2D eigenvalue weighted by Crippen LogP contribution is 2.34. The summed E-state index contributed by atoms with van der Waals surface area (Å²) in [6, 6.07) is 13.3. The van der Waals surface area contributed by atoms with Crippen molar-refractivity contribution in [3.05, 3.63) is 82.1 Å². The van der Waals surface area contributed by atoms with Crippen molar-refractivity contribution < 1.29 is 9.90 Å². The van der Waals surface area contributed by atoms with Crippen molar-refractivity contribution in [1.29, 1.82) is 0 Å². The van der Waals surface area contributed by atoms with Crippen molar-refractivity contribution >= 4 is 17.2 Å². The molecule has 0 atom stereocenters. The molecule has 7 heteroatoms. The molecular formula is C23H26N4O2S. The van der Waals surface area contributed by atoms with E-state index in [1.54, 1.807) is 17.5 Å². The molecule has 1 aliphatic heterocycles. The van der Waals surface area contributed by atoms with Gasteiger partial charge < -0.3 is 10.0 Å². The van der Waals surface area contributed by atoms with Gasteiger partial charge in [0, 0.05) is 43.0 Å². The van der Waals surface area contributed by atoms with Gasteiger partial charge in [-0.1, -0.05) is 24.3 Å². The number of benzene rings is 1. The van der Waals surface area contributed by atoms with E-state index in [2.05, 4.69) is 23.0 Å². The molecule has 1 fully saturated rings. The quantitative estimate of drug-likeness (QED) is 0.660. The van der Waals surface area contributed by atoms with E-state index < -0.39 is 5.60 Å². The fraction of sp³-hybridized carbons (Fsp3) is 0.348. The number of hydrogen-bond donors (Lipinski definition) is 1. The molecule has 3 heterocycles. The van der Waals surface area contributed by atoms with E-state index >= 15 is 0 Å². The van der Waals surface area contributed by atoms with Gasteiger partial charge in [-0.3, -0.25) is 14.7 Å². The minimum absolute atomic E-state index is 0.0219. The highest BCUT2D eigenvalue weighted by Gasteiger charge is 2.37. The first-order valence-corrected chi connectivity index (χ1v) is 11.0. The molecule has 0 aliphatic carbocycles. The van der Waals surface area contributed by atoms with E-state index in [-0.39, 0.29) is 5.91 Å². The monoisotopic (exact) mass is 422 g/mol. The molecule has 0 radical (unpaired) electrons. The highest BCUT2D eigenvalue weighted by molar-refractivity contribution is 7.09. The Hall–Kier alpha value is -2.61. The van der Waals surface area contributed by atoms with E-state index in [1.165, 1.54) is 0 Å². The van der Waals surface area contributed by atoms with Crippen molar-refractivity contribution in [3.63, 3.8) is 0 Å². The molecule has 1 amide bonds. The third-order valence-corrected chi connectivity index (χ3v) is 6.34. The zero-order valence-corrected chi connectivity index (χ0v) is 17.9. The molecular weight excluding hydrogens is 396 g/mol. The van der Waals surface area contributed by atoms with Crippen LogP contribution in [0.3, 0.4) is 0 Å². The summed E-state index contributed by atoms with van der Waals surface area (Å²) in [5.74, 6) is 0.0219. The molecule has 1 saturated heterocycles. The minimum atomic E-state index is -0.968. The van der Waals surface area contributed by atoms with Gasteiger partial charge in [0.15, 0.2) is 0 Å². The smallest absolute Gasteiger partial charge is 0.253 e. The predicted molar refractivity (Wildman–Crippen MR) is 117 cm³/mol. The number of carbonyl (C=O) groups is 1. The summed E-state index contributed by atoms with van der Waals surface area (Å²) < 4.78 is 0. The number of hydrogen-bond acceptors (Lipinski definition) is 6. The van der Waals surface area contributed by atoms with Gasteiger partial charge in [-0.05, 0) is 43.7 Å². The lowest BCUT2D eigenvalue weighted by atomic mass is 9.88. The van der Waals surface area contributed by atoms with Crippen molar-refractivity contribution in [1.82, 2.24) is 19.8 Å². The summed E-state index contributed by atoms with van der Waals surface area (Å²) in [6.45, 7) is 2.56. The van der Waals surface area contributed by atoms with Crippen LogP contribution >= 0.6 is 11.3 Å². The van der Waals surface area contributed by atoms with Gasteiger partial charge >= 0.3 is 0 Å². The van der Waals surface area contributed by atoms with E-state index in [0.29, 0.717) is 38.0 Å². The second-order valence-electron chi connectivity index (χ2n) is 7.85. The first-order valence-electron chi connectivity index (χ1n) is 10.1. The standard InChI is InChI=1S/C23H26N4O2S/c1-26(15-18-6-5-11-24-14-18)16-21-25-20(17-30-21)23(29)9-12-27(13-10-23)22(28)19-7-3-2-4-8-19/h2-8,11,14,17,29H,9-10,12-13,15-16H2,1H3. The largest absolute Gasteiger partial charge is 0.383 e. The first kappa shape index (κ1) is 20.7. The topological polar surface area (TPSA) is 69.6 Å². The molecule has 2 aromatic heterocycles. The third-order valence-electron chi connectivity index (χ3n) is 5.51. The summed E-state index contributed by atoms with van der Waals surface area (Å²) >= 11 is 1.58. The van der Waals surface area contributed by atoms with Crippen molar-refractivity contribution in [3.8, 4) is 0 Å². The number of piperidine rings is 1. The van der Waals surface area contributed by atoms with Gasteiger partial charge in [-0.15, -0.1) is 11.3 Å². The number of likely N-dealkylation sites (tertiary alicyclic amines) is 1. The maximum absolute atomic E-state index is 12.6. The predicted octanol–water partition coefficient (Wildman–Crippen LogP) is 3.29. The number of carbonyl (C=O) groups excluding carboxylic acids is 1. The lowest BCUT2D eigenvalue weighted by Gasteiger charge is -2.37. The van der Waals surface area contributed by atoms with Crippen molar-refractivity contribution in [2.24, 2.45) is 0 Å². The summed E-state index contributed by atoms with van der Waals surface area (Å²) in [5.41, 5.74) is 1.61. The van der Waals surface area contributed by atoms with Crippen LogP contribution in [0.1, 0.15) is 39.5 Å². The van der Waals surface area contributed by atoms with Gasteiger partial charge in [0.05, 0.1) is 12.2 Å². The normalized spacial score (nSPS) is 16.0. The molecule has 156 valence electrons. The SMILES string of the molecule is CN(Cc1cccnc1)Cc1nc(C2(O)CCN(C(=O)c3ccccc3)CC2)cs1. The van der Waals surface area contributed by atoms with Gasteiger partial charge in [0.2, 0.25) is 0 Å².